The molecule has 6 heteroatoms. The number of hydrogen-bond acceptors (Lipinski definition) is 6. The minimum absolute atomic E-state index is 0.304. The van der Waals surface area contributed by atoms with Gasteiger partial charge in [-0.05, 0) is 25.6 Å². The van der Waals surface area contributed by atoms with Crippen LogP contribution in [0.3, 0.4) is 0 Å². The molecule has 0 amide bonds. The molecule has 2 aromatic rings. The summed E-state index contributed by atoms with van der Waals surface area (Å²) in [5.74, 6) is 1.15. The number of anilines is 2. The molecule has 1 saturated heterocycles. The second kappa shape index (κ2) is 4.38. The largest absolute Gasteiger partial charge is 0.368 e. The third-order valence-corrected chi connectivity index (χ3v) is 3.35. The van der Waals surface area contributed by atoms with Crippen molar-refractivity contribution in [2.75, 3.05) is 30.8 Å². The third kappa shape index (κ3) is 1.84. The lowest BCUT2D eigenvalue weighted by Gasteiger charge is -2.18. The fraction of sp³-hybridized carbons (Fsp3) is 0.417. The topological polar surface area (TPSA) is 80.0 Å². The molecule has 1 fully saturated rings. The Morgan fingerprint density at radius 2 is 2.33 bits per heavy atom. The van der Waals surface area contributed by atoms with E-state index in [1.54, 1.807) is 6.20 Å². The fourth-order valence-corrected chi connectivity index (χ4v) is 2.38. The maximum absolute atomic E-state index is 5.77. The molecule has 0 bridgehead atoms. The van der Waals surface area contributed by atoms with Crippen molar-refractivity contribution >= 4 is 22.8 Å². The normalized spacial score (nSPS) is 19.6. The van der Waals surface area contributed by atoms with Crippen LogP contribution < -0.4 is 16.0 Å². The molecule has 0 saturated carbocycles. The lowest BCUT2D eigenvalue weighted by atomic mass is 10.3. The molecule has 0 aliphatic carbocycles. The van der Waals surface area contributed by atoms with E-state index < -0.39 is 0 Å². The molecule has 0 aromatic carbocycles. The molecule has 0 spiro atoms. The summed E-state index contributed by atoms with van der Waals surface area (Å²) in [5.41, 5.74) is 7.39. The van der Waals surface area contributed by atoms with Crippen LogP contribution in [0.1, 0.15) is 6.42 Å². The Hall–Kier alpha value is -1.95. The van der Waals surface area contributed by atoms with Gasteiger partial charge in [0, 0.05) is 25.3 Å². The van der Waals surface area contributed by atoms with Crippen LogP contribution in [0.2, 0.25) is 0 Å². The van der Waals surface area contributed by atoms with Gasteiger partial charge in [0.1, 0.15) is 5.52 Å². The average Bonchev–Trinajstić information content (AvgIpc) is 2.86. The summed E-state index contributed by atoms with van der Waals surface area (Å²) in [6, 6.07) is 4.27. The van der Waals surface area contributed by atoms with Crippen molar-refractivity contribution in [3.05, 3.63) is 18.3 Å². The third-order valence-electron chi connectivity index (χ3n) is 3.35. The van der Waals surface area contributed by atoms with Gasteiger partial charge in [0.25, 0.3) is 0 Å². The van der Waals surface area contributed by atoms with Crippen molar-refractivity contribution in [1.82, 2.24) is 20.3 Å². The number of pyridine rings is 1. The van der Waals surface area contributed by atoms with Gasteiger partial charge in [0.05, 0.1) is 5.52 Å². The molecule has 3 rings (SSSR count). The van der Waals surface area contributed by atoms with E-state index in [0.717, 1.165) is 36.4 Å². The summed E-state index contributed by atoms with van der Waals surface area (Å²) in [6.45, 7) is 1.90. The zero-order chi connectivity index (χ0) is 12.5. The summed E-state index contributed by atoms with van der Waals surface area (Å²) in [6.07, 6.45) is 2.87. The quantitative estimate of drug-likeness (QED) is 0.796. The Kier molecular flexibility index (Phi) is 2.71. The molecule has 18 heavy (non-hydrogen) atoms. The Labute approximate surface area is 105 Å². The highest BCUT2D eigenvalue weighted by molar-refractivity contribution is 5.86. The van der Waals surface area contributed by atoms with Crippen LogP contribution in [-0.2, 0) is 0 Å². The number of likely N-dealkylation sites (N-methyl/N-ethyl adjacent to an activating group) is 1. The first-order chi connectivity index (χ1) is 8.78. The molecule has 1 atom stereocenters. The molecular formula is C12H16N6. The summed E-state index contributed by atoms with van der Waals surface area (Å²) in [4.78, 5) is 15.2. The van der Waals surface area contributed by atoms with Gasteiger partial charge in [-0.15, -0.1) is 0 Å². The predicted molar refractivity (Wildman–Crippen MR) is 71.4 cm³/mol. The van der Waals surface area contributed by atoms with Crippen LogP contribution in [0.15, 0.2) is 18.3 Å². The van der Waals surface area contributed by atoms with Crippen molar-refractivity contribution in [2.24, 2.45) is 0 Å². The van der Waals surface area contributed by atoms with Crippen molar-refractivity contribution in [3.63, 3.8) is 0 Å². The standard InChI is InChI=1S/C12H16N6/c1-14-8-4-6-18(7-8)11-10-9(3-2-5-15-10)16-12(13)17-11/h2-3,5,8,14H,4,6-7H2,1H3,(H2,13,16,17). The molecular weight excluding hydrogens is 228 g/mol. The first kappa shape index (κ1) is 11.2. The number of nitrogens with one attached hydrogen (secondary N) is 1. The molecule has 1 aliphatic rings. The monoisotopic (exact) mass is 244 g/mol. The molecule has 3 heterocycles. The van der Waals surface area contributed by atoms with Gasteiger partial charge in [0.15, 0.2) is 5.82 Å². The van der Waals surface area contributed by atoms with Crippen molar-refractivity contribution in [1.29, 1.82) is 0 Å². The zero-order valence-corrected chi connectivity index (χ0v) is 10.3. The van der Waals surface area contributed by atoms with E-state index in [0.29, 0.717) is 12.0 Å². The van der Waals surface area contributed by atoms with E-state index in [2.05, 4.69) is 25.2 Å². The number of nitrogen functional groups attached to an aromatic ring is 1. The highest BCUT2D eigenvalue weighted by atomic mass is 15.3. The SMILES string of the molecule is CNC1CCN(c2nc(N)nc3cccnc23)C1. The highest BCUT2D eigenvalue weighted by Crippen LogP contribution is 2.25. The Morgan fingerprint density at radius 3 is 3.11 bits per heavy atom. The van der Waals surface area contributed by atoms with Gasteiger partial charge in [-0.2, -0.15) is 4.98 Å². The molecule has 94 valence electrons. The summed E-state index contributed by atoms with van der Waals surface area (Å²) < 4.78 is 0. The van der Waals surface area contributed by atoms with Gasteiger partial charge < -0.3 is 16.0 Å². The molecule has 3 N–H and O–H groups in total. The minimum atomic E-state index is 0.304. The Balaban J connectivity index is 2.06. The van der Waals surface area contributed by atoms with Crippen LogP contribution in [-0.4, -0.2) is 41.1 Å². The fourth-order valence-electron chi connectivity index (χ4n) is 2.38. The van der Waals surface area contributed by atoms with Gasteiger partial charge in [-0.25, -0.2) is 4.98 Å². The Bertz CT molecular complexity index is 569. The van der Waals surface area contributed by atoms with Crippen molar-refractivity contribution in [3.8, 4) is 0 Å². The second-order valence-corrected chi connectivity index (χ2v) is 4.50. The first-order valence-corrected chi connectivity index (χ1v) is 6.08. The van der Waals surface area contributed by atoms with Crippen LogP contribution >= 0.6 is 0 Å². The maximum Gasteiger partial charge on any atom is 0.222 e. The number of aromatic nitrogens is 3. The van der Waals surface area contributed by atoms with Gasteiger partial charge >= 0.3 is 0 Å². The van der Waals surface area contributed by atoms with Gasteiger partial charge in [-0.1, -0.05) is 0 Å². The lowest BCUT2D eigenvalue weighted by molar-refractivity contribution is 0.616. The predicted octanol–water partition coefficient (Wildman–Crippen LogP) is 0.405. The average molecular weight is 244 g/mol. The van der Waals surface area contributed by atoms with Gasteiger partial charge in [0.2, 0.25) is 5.95 Å². The van der Waals surface area contributed by atoms with E-state index in [4.69, 9.17) is 5.73 Å². The maximum atomic E-state index is 5.77. The van der Waals surface area contributed by atoms with E-state index in [-0.39, 0.29) is 0 Å². The summed E-state index contributed by atoms with van der Waals surface area (Å²) in [7, 11) is 1.98. The zero-order valence-electron chi connectivity index (χ0n) is 10.3. The lowest BCUT2D eigenvalue weighted by Crippen LogP contribution is -2.30. The van der Waals surface area contributed by atoms with Crippen LogP contribution in [0.4, 0.5) is 11.8 Å². The molecule has 1 unspecified atom stereocenters. The summed E-state index contributed by atoms with van der Waals surface area (Å²) >= 11 is 0. The number of hydrogen-bond donors (Lipinski definition) is 2. The van der Waals surface area contributed by atoms with E-state index >= 15 is 0 Å². The number of fused-ring (bicyclic) bond motifs is 1. The van der Waals surface area contributed by atoms with E-state index in [1.807, 2.05) is 19.2 Å². The van der Waals surface area contributed by atoms with Crippen LogP contribution in [0, 0.1) is 0 Å². The van der Waals surface area contributed by atoms with Crippen molar-refractivity contribution < 1.29 is 0 Å². The highest BCUT2D eigenvalue weighted by Gasteiger charge is 2.24. The Morgan fingerprint density at radius 1 is 1.44 bits per heavy atom. The minimum Gasteiger partial charge on any atom is -0.368 e. The molecule has 6 nitrogen and oxygen atoms in total. The first-order valence-electron chi connectivity index (χ1n) is 6.08. The van der Waals surface area contributed by atoms with Crippen LogP contribution in [0.25, 0.3) is 11.0 Å². The number of rotatable bonds is 2. The van der Waals surface area contributed by atoms with E-state index in [1.165, 1.54) is 0 Å². The van der Waals surface area contributed by atoms with E-state index in [9.17, 15) is 0 Å². The number of nitrogens with zero attached hydrogens (tertiary/aromatic N) is 4. The molecule has 0 radical (unpaired) electrons. The molecule has 2 aromatic heterocycles. The smallest absolute Gasteiger partial charge is 0.222 e. The van der Waals surface area contributed by atoms with Gasteiger partial charge in [-0.3, -0.25) is 4.98 Å². The van der Waals surface area contributed by atoms with Crippen molar-refractivity contribution in [2.45, 2.75) is 12.5 Å². The summed E-state index contributed by atoms with van der Waals surface area (Å²) in [5, 5.41) is 3.29. The number of nitrogens with two attached hydrogens (primary N) is 1. The van der Waals surface area contributed by atoms with Crippen LogP contribution in [0.5, 0.6) is 0 Å². The molecule has 1 aliphatic heterocycles. The second-order valence-electron chi connectivity index (χ2n) is 4.50.